The summed E-state index contributed by atoms with van der Waals surface area (Å²) >= 11 is 1.82. The second-order valence-corrected chi connectivity index (χ2v) is 5.04. The quantitative estimate of drug-likeness (QED) is 0.683. The average Bonchev–Trinajstić information content (AvgIpc) is 2.75. The maximum Gasteiger partial charge on any atom is 0.180 e. The summed E-state index contributed by atoms with van der Waals surface area (Å²) in [4.78, 5) is 0. The van der Waals surface area contributed by atoms with Gasteiger partial charge < -0.3 is 4.74 Å². The zero-order valence-corrected chi connectivity index (χ0v) is 11.5. The maximum absolute atomic E-state index is 14.1. The van der Waals surface area contributed by atoms with E-state index in [-0.39, 0.29) is 12.4 Å². The highest BCUT2D eigenvalue weighted by atomic mass is 127. The summed E-state index contributed by atoms with van der Waals surface area (Å²) in [6.45, 7) is 0.289. The van der Waals surface area contributed by atoms with Gasteiger partial charge in [0.05, 0.1) is 21.0 Å². The molecule has 1 aromatic carbocycles. The van der Waals surface area contributed by atoms with E-state index in [1.165, 1.54) is 0 Å². The lowest BCUT2D eigenvalue weighted by molar-refractivity contribution is 0.276. The number of aryl methyl sites for hydroxylation is 1. The van der Waals surface area contributed by atoms with Crippen LogP contribution < -0.4 is 4.74 Å². The van der Waals surface area contributed by atoms with E-state index >= 15 is 0 Å². The predicted octanol–water partition coefficient (Wildman–Crippen LogP) is 2.59. The fourth-order valence-electron chi connectivity index (χ4n) is 2.03. The molecular weight excluding hydrogens is 348 g/mol. The van der Waals surface area contributed by atoms with Gasteiger partial charge in [-0.3, -0.25) is 4.68 Å². The smallest absolute Gasteiger partial charge is 0.180 e. The average molecular weight is 355 g/mol. The Morgan fingerprint density at radius 2 is 2.33 bits per heavy atom. The van der Waals surface area contributed by atoms with Crippen LogP contribution in [0.2, 0.25) is 0 Å². The number of aromatic nitrogens is 2. The Kier molecular flexibility index (Phi) is 2.52. The number of hydrogen-bond donors (Lipinski definition) is 0. The van der Waals surface area contributed by atoms with Crippen molar-refractivity contribution in [3.8, 4) is 22.9 Å². The molecule has 2 heterocycles. The Morgan fingerprint density at radius 3 is 3.06 bits per heavy atom. The summed E-state index contributed by atoms with van der Waals surface area (Å²) in [6.07, 6.45) is 1.67. The molecule has 0 fully saturated rings. The summed E-state index contributed by atoms with van der Waals surface area (Å²) in [5.41, 5.74) is 2.61. The zero-order valence-electron chi connectivity index (χ0n) is 9.37. The Labute approximate surface area is 116 Å². The van der Waals surface area contributed by atoms with Crippen LogP contribution in [0, 0.1) is 20.7 Å². The molecule has 0 amide bonds. The molecule has 0 bridgehead atoms. The third-order valence-electron chi connectivity index (χ3n) is 2.99. The van der Waals surface area contributed by atoms with Gasteiger partial charge in [0, 0.05) is 18.2 Å². The molecule has 0 N–H and O–H groups in total. The van der Waals surface area contributed by atoms with Crippen LogP contribution in [-0.2, 0) is 13.7 Å². The summed E-state index contributed by atoms with van der Waals surface area (Å²) in [5.74, 6) is -0.266. The minimum atomic E-state index is -0.473. The van der Waals surface area contributed by atoms with Gasteiger partial charge in [0.2, 0.25) is 0 Å². The van der Waals surface area contributed by atoms with Crippen molar-refractivity contribution in [3.05, 3.63) is 32.9 Å². The molecule has 0 unspecified atom stereocenters. The van der Waals surface area contributed by atoms with Crippen LogP contribution in [0.4, 0.5) is 4.39 Å². The molecule has 18 heavy (non-hydrogen) atoms. The fraction of sp³-hybridized carbons (Fsp3) is 0.167. The summed E-state index contributed by atoms with van der Waals surface area (Å²) in [7, 11) is 1.81. The number of ether oxygens (including phenoxy) is 1. The van der Waals surface area contributed by atoms with Crippen molar-refractivity contribution in [2.24, 2.45) is 7.05 Å². The molecule has 3 rings (SSSR count). The molecule has 4 nitrogen and oxygen atoms in total. The predicted molar refractivity (Wildman–Crippen MR) is 70.4 cm³/mol. The molecule has 1 aliphatic heterocycles. The van der Waals surface area contributed by atoms with Gasteiger partial charge in [0.25, 0.3) is 0 Å². The Bertz CT molecular complexity index is 702. The topological polar surface area (TPSA) is 50.8 Å². The van der Waals surface area contributed by atoms with Gasteiger partial charge >= 0.3 is 0 Å². The van der Waals surface area contributed by atoms with Crippen molar-refractivity contribution in [1.29, 1.82) is 5.26 Å². The van der Waals surface area contributed by atoms with E-state index in [1.54, 1.807) is 24.0 Å². The molecule has 0 saturated heterocycles. The summed E-state index contributed by atoms with van der Waals surface area (Å²) in [6, 6.07) is 3.65. The maximum atomic E-state index is 14.1. The van der Waals surface area contributed by atoms with Crippen LogP contribution in [0.1, 0.15) is 11.3 Å². The molecule has 0 saturated carbocycles. The first-order valence-electron chi connectivity index (χ1n) is 5.19. The number of benzene rings is 1. The Morgan fingerprint density at radius 1 is 1.56 bits per heavy atom. The third kappa shape index (κ3) is 1.43. The van der Waals surface area contributed by atoms with Crippen molar-refractivity contribution >= 4 is 22.6 Å². The number of rotatable bonds is 0. The number of nitrogens with zero attached hydrogens (tertiary/aromatic N) is 3. The SMILES string of the molecule is Cn1ncc2c1COc1c-2cc(C#N)c(I)c1F. The molecule has 90 valence electrons. The van der Waals surface area contributed by atoms with Crippen LogP contribution in [-0.4, -0.2) is 9.78 Å². The van der Waals surface area contributed by atoms with Crippen LogP contribution in [0.3, 0.4) is 0 Å². The molecule has 0 spiro atoms. The van der Waals surface area contributed by atoms with Crippen molar-refractivity contribution in [2.45, 2.75) is 6.61 Å². The molecule has 0 aliphatic carbocycles. The van der Waals surface area contributed by atoms with Crippen LogP contribution in [0.25, 0.3) is 11.1 Å². The van der Waals surface area contributed by atoms with Gasteiger partial charge in [0.1, 0.15) is 12.7 Å². The monoisotopic (exact) mass is 355 g/mol. The molecule has 0 radical (unpaired) electrons. The van der Waals surface area contributed by atoms with Gasteiger partial charge in [-0.05, 0) is 28.7 Å². The van der Waals surface area contributed by atoms with Gasteiger partial charge in [-0.25, -0.2) is 4.39 Å². The molecule has 0 atom stereocenters. The van der Waals surface area contributed by atoms with Crippen LogP contribution in [0.5, 0.6) is 5.75 Å². The van der Waals surface area contributed by atoms with E-state index in [4.69, 9.17) is 10.00 Å². The van der Waals surface area contributed by atoms with Crippen molar-refractivity contribution in [3.63, 3.8) is 0 Å². The van der Waals surface area contributed by atoms with Crippen LogP contribution in [0.15, 0.2) is 12.3 Å². The first kappa shape index (κ1) is 11.5. The van der Waals surface area contributed by atoms with Gasteiger partial charge in [0.15, 0.2) is 11.6 Å². The minimum absolute atomic E-state index is 0.207. The van der Waals surface area contributed by atoms with Gasteiger partial charge in [-0.2, -0.15) is 10.4 Å². The fourth-order valence-corrected chi connectivity index (χ4v) is 2.55. The highest BCUT2D eigenvalue weighted by molar-refractivity contribution is 14.1. The molecule has 6 heteroatoms. The Balaban J connectivity index is 2.35. The third-order valence-corrected chi connectivity index (χ3v) is 4.04. The number of halogens is 2. The van der Waals surface area contributed by atoms with Crippen LogP contribution >= 0.6 is 22.6 Å². The van der Waals surface area contributed by atoms with Gasteiger partial charge in [-0.1, -0.05) is 0 Å². The van der Waals surface area contributed by atoms with Crippen molar-refractivity contribution in [1.82, 2.24) is 9.78 Å². The lowest BCUT2D eigenvalue weighted by Gasteiger charge is -2.19. The Hall–Kier alpha value is -1.62. The zero-order chi connectivity index (χ0) is 12.9. The van der Waals surface area contributed by atoms with E-state index in [1.807, 2.05) is 28.7 Å². The lowest BCUT2D eigenvalue weighted by Crippen LogP contribution is -2.11. The second-order valence-electron chi connectivity index (χ2n) is 3.96. The molecule has 1 aromatic heterocycles. The van der Waals surface area contributed by atoms with E-state index in [2.05, 4.69) is 5.10 Å². The van der Waals surface area contributed by atoms with E-state index in [0.29, 0.717) is 14.7 Å². The highest BCUT2D eigenvalue weighted by Crippen LogP contribution is 2.41. The van der Waals surface area contributed by atoms with E-state index in [0.717, 1.165) is 11.3 Å². The molecule has 2 aromatic rings. The first-order valence-corrected chi connectivity index (χ1v) is 6.27. The lowest BCUT2D eigenvalue weighted by atomic mass is 10.0. The van der Waals surface area contributed by atoms with Crippen molar-refractivity contribution < 1.29 is 9.13 Å². The van der Waals surface area contributed by atoms with E-state index in [9.17, 15) is 4.39 Å². The summed E-state index contributed by atoms with van der Waals surface area (Å²) in [5, 5.41) is 13.1. The molecule has 1 aliphatic rings. The highest BCUT2D eigenvalue weighted by Gasteiger charge is 2.26. The normalized spacial score (nSPS) is 12.3. The van der Waals surface area contributed by atoms with Gasteiger partial charge in [-0.15, -0.1) is 0 Å². The molecular formula is C12H7FIN3O. The van der Waals surface area contributed by atoms with E-state index < -0.39 is 5.82 Å². The number of fused-ring (bicyclic) bond motifs is 3. The van der Waals surface area contributed by atoms with Crippen molar-refractivity contribution in [2.75, 3.05) is 0 Å². The first-order chi connectivity index (χ1) is 8.63. The number of nitriles is 1. The minimum Gasteiger partial charge on any atom is -0.484 e. The largest absolute Gasteiger partial charge is 0.484 e. The summed E-state index contributed by atoms with van der Waals surface area (Å²) < 4.78 is 21.6. The second kappa shape index (κ2) is 3.95. The standard InChI is InChI=1S/C12H7FIN3O/c1-17-9-5-18-12-7(8(9)4-16-17)2-6(3-15)11(14)10(12)13/h2,4H,5H2,1H3. The number of hydrogen-bond acceptors (Lipinski definition) is 3.